The van der Waals surface area contributed by atoms with E-state index in [-0.39, 0.29) is 12.4 Å². The number of benzene rings is 1. The van der Waals surface area contributed by atoms with E-state index in [9.17, 15) is 0 Å². The van der Waals surface area contributed by atoms with Crippen LogP contribution in [0.3, 0.4) is 0 Å². The van der Waals surface area contributed by atoms with E-state index in [0.717, 1.165) is 0 Å². The van der Waals surface area contributed by atoms with Crippen molar-refractivity contribution in [2.45, 2.75) is 0 Å². The first kappa shape index (κ1) is 10.9. The molecule has 0 unspecified atom stereocenters. The summed E-state index contributed by atoms with van der Waals surface area (Å²) in [6.07, 6.45) is 0. The van der Waals surface area contributed by atoms with Crippen LogP contribution in [0.25, 0.3) is 0 Å². The maximum Gasteiger partial charge on any atom is -1.00 e. The van der Waals surface area contributed by atoms with Gasteiger partial charge in [0.2, 0.25) is 0 Å². The maximum atomic E-state index is 2.18. The molecule has 56 valence electrons. The van der Waals surface area contributed by atoms with Crippen LogP contribution in [0.2, 0.25) is 0 Å². The van der Waals surface area contributed by atoms with Crippen molar-refractivity contribution in [3.8, 4) is 0 Å². The molecule has 0 N–H and O–H groups in total. The molecular formula is C8H10ClNZn. The van der Waals surface area contributed by atoms with E-state index < -0.39 is 0 Å². The number of anilines is 1. The van der Waals surface area contributed by atoms with Gasteiger partial charge in [0.25, 0.3) is 0 Å². The summed E-state index contributed by atoms with van der Waals surface area (Å²) in [5.41, 5.74) is 1.28. The predicted octanol–water partition coefficient (Wildman–Crippen LogP) is -2.07. The van der Waals surface area contributed by atoms with E-state index in [0.29, 0.717) is 0 Å². The van der Waals surface area contributed by atoms with Crippen molar-refractivity contribution in [3.05, 3.63) is 24.3 Å². The van der Waals surface area contributed by atoms with Gasteiger partial charge in [-0.3, -0.25) is 0 Å². The zero-order valence-corrected chi connectivity index (χ0v) is 10.6. The number of halogens is 1. The summed E-state index contributed by atoms with van der Waals surface area (Å²) in [5, 5.41) is 0. The molecule has 0 atom stereocenters. The van der Waals surface area contributed by atoms with E-state index in [1.54, 1.807) is 0 Å². The molecule has 0 aliphatic carbocycles. The molecule has 0 aromatic heterocycles. The van der Waals surface area contributed by atoms with Gasteiger partial charge in [0.1, 0.15) is 0 Å². The molecule has 0 aliphatic heterocycles. The van der Waals surface area contributed by atoms with E-state index in [2.05, 4.69) is 43.3 Å². The molecule has 0 fully saturated rings. The fourth-order valence-electron chi connectivity index (χ4n) is 0.794. The minimum absolute atomic E-state index is 0. The number of hydrogen-bond acceptors (Lipinski definition) is 1. The van der Waals surface area contributed by atoms with Crippen molar-refractivity contribution in [1.29, 1.82) is 0 Å². The van der Waals surface area contributed by atoms with Gasteiger partial charge in [-0.05, 0) is 0 Å². The molecule has 0 bridgehead atoms. The molecule has 11 heavy (non-hydrogen) atoms. The molecule has 0 spiro atoms. The van der Waals surface area contributed by atoms with Crippen LogP contribution in [0.4, 0.5) is 5.69 Å². The van der Waals surface area contributed by atoms with Gasteiger partial charge in [0.15, 0.2) is 0 Å². The molecule has 1 nitrogen and oxygen atoms in total. The van der Waals surface area contributed by atoms with E-state index in [1.807, 2.05) is 0 Å². The van der Waals surface area contributed by atoms with Gasteiger partial charge in [-0.2, -0.15) is 0 Å². The molecule has 0 amide bonds. The Hall–Kier alpha value is -0.0666. The second-order valence-electron chi connectivity index (χ2n) is 2.56. The van der Waals surface area contributed by atoms with Crippen LogP contribution >= 0.6 is 0 Å². The molecular weight excluding hydrogens is 211 g/mol. The van der Waals surface area contributed by atoms with E-state index in [4.69, 9.17) is 0 Å². The van der Waals surface area contributed by atoms with Crippen molar-refractivity contribution in [2.75, 3.05) is 19.0 Å². The van der Waals surface area contributed by atoms with Gasteiger partial charge in [0.05, 0.1) is 0 Å². The fraction of sp³-hybridized carbons (Fsp3) is 0.250. The smallest absolute Gasteiger partial charge is 1.00 e. The second kappa shape index (κ2) is 4.74. The van der Waals surface area contributed by atoms with Crippen LogP contribution < -0.4 is 21.5 Å². The molecule has 0 aliphatic rings. The first-order valence-corrected chi connectivity index (χ1v) is 4.78. The topological polar surface area (TPSA) is 3.24 Å². The van der Waals surface area contributed by atoms with Gasteiger partial charge in [-0.1, -0.05) is 0 Å². The van der Waals surface area contributed by atoms with Gasteiger partial charge >= 0.3 is 71.4 Å². The Morgan fingerprint density at radius 2 is 1.55 bits per heavy atom. The normalized spacial score (nSPS) is 8.73. The first-order valence-electron chi connectivity index (χ1n) is 3.29. The van der Waals surface area contributed by atoms with Crippen molar-refractivity contribution >= 4 is 9.85 Å². The summed E-state index contributed by atoms with van der Waals surface area (Å²) in [5.74, 6) is 0. The summed E-state index contributed by atoms with van der Waals surface area (Å²) < 4.78 is 1.44. The molecule has 0 saturated carbocycles. The average Bonchev–Trinajstić information content (AvgIpc) is 1.88. The van der Waals surface area contributed by atoms with Crippen LogP contribution in [0.1, 0.15) is 0 Å². The number of rotatable bonds is 1. The summed E-state index contributed by atoms with van der Waals surface area (Å²) in [4.78, 5) is 2.11. The average molecular weight is 221 g/mol. The molecule has 0 radical (unpaired) electrons. The third-order valence-corrected chi connectivity index (χ3v) is 2.44. The van der Waals surface area contributed by atoms with Crippen molar-refractivity contribution < 1.29 is 30.7 Å². The Morgan fingerprint density at radius 3 is 1.91 bits per heavy atom. The van der Waals surface area contributed by atoms with Crippen LogP contribution in [0.15, 0.2) is 24.3 Å². The van der Waals surface area contributed by atoms with Crippen LogP contribution in [-0.2, 0) is 18.3 Å². The third-order valence-electron chi connectivity index (χ3n) is 1.45. The van der Waals surface area contributed by atoms with E-state index in [1.165, 1.54) is 28.1 Å². The minimum atomic E-state index is 0. The molecule has 0 saturated heterocycles. The SMILES string of the molecule is CN(C)c1cc[c]([Zn+])cc1.[Cl-]. The quantitative estimate of drug-likeness (QED) is 0.492. The van der Waals surface area contributed by atoms with Crippen molar-refractivity contribution in [1.82, 2.24) is 0 Å². The molecule has 0 heterocycles. The van der Waals surface area contributed by atoms with Gasteiger partial charge in [-0.15, -0.1) is 0 Å². The fourth-order valence-corrected chi connectivity index (χ4v) is 1.29. The molecule has 1 aromatic rings. The van der Waals surface area contributed by atoms with Gasteiger partial charge in [0, 0.05) is 0 Å². The minimum Gasteiger partial charge on any atom is -1.00 e. The summed E-state index contributed by atoms with van der Waals surface area (Å²) in [7, 11) is 4.11. The third kappa shape index (κ3) is 3.22. The molecule has 1 aromatic carbocycles. The molecule has 1 rings (SSSR count). The van der Waals surface area contributed by atoms with Gasteiger partial charge in [-0.25, -0.2) is 0 Å². The van der Waals surface area contributed by atoms with Gasteiger partial charge < -0.3 is 12.4 Å². The Balaban J connectivity index is 0.000001000. The summed E-state index contributed by atoms with van der Waals surface area (Å²) in [6, 6.07) is 8.66. The largest absolute Gasteiger partial charge is 1.00 e. The monoisotopic (exact) mass is 219 g/mol. The standard InChI is InChI=1S/C8H10N.ClH.Zn/c1-9(2)8-6-4-3-5-7-8;;/h4-7H,1-2H3;1H;/q;;+1/p-1. The Bertz CT molecular complexity index is 208. The second-order valence-corrected chi connectivity index (χ2v) is 4.27. The Kier molecular flexibility index (Phi) is 4.71. The zero-order valence-electron chi connectivity index (χ0n) is 6.84. The number of hydrogen-bond donors (Lipinski definition) is 0. The zero-order chi connectivity index (χ0) is 7.56. The van der Waals surface area contributed by atoms with Crippen LogP contribution in [-0.4, -0.2) is 14.1 Å². The van der Waals surface area contributed by atoms with Crippen LogP contribution in [0, 0.1) is 0 Å². The maximum absolute atomic E-state index is 2.18. The number of nitrogens with zero attached hydrogens (tertiary/aromatic N) is 1. The van der Waals surface area contributed by atoms with Crippen LogP contribution in [0.5, 0.6) is 0 Å². The Morgan fingerprint density at radius 1 is 1.09 bits per heavy atom. The molecule has 3 heteroatoms. The van der Waals surface area contributed by atoms with Crippen molar-refractivity contribution in [2.24, 2.45) is 0 Å². The first-order chi connectivity index (χ1) is 4.70. The predicted molar refractivity (Wildman–Crippen MR) is 40.4 cm³/mol. The summed E-state index contributed by atoms with van der Waals surface area (Å²) >= 11 is 1.24. The van der Waals surface area contributed by atoms with Crippen molar-refractivity contribution in [3.63, 3.8) is 0 Å². The van der Waals surface area contributed by atoms with E-state index >= 15 is 0 Å². The Labute approximate surface area is 83.9 Å². The summed E-state index contributed by atoms with van der Waals surface area (Å²) in [6.45, 7) is 0.